The monoisotopic (exact) mass is 286 g/mol. The van der Waals surface area contributed by atoms with Crippen LogP contribution in [0.1, 0.15) is 12.5 Å². The maximum atomic E-state index is 11.6. The summed E-state index contributed by atoms with van der Waals surface area (Å²) in [5.41, 5.74) is 5.86. The topological polar surface area (TPSA) is 89.3 Å². The van der Waals surface area contributed by atoms with Crippen LogP contribution in [0.4, 0.5) is 0 Å². The standard InChI is InChI=1S/C11H14N2O3S2/c1-2-18(15,16)9-5-3-8(4-6-9)7-10(14)13-11(12)17/h3-6H,2,7H2,1H3,(H3,12,13,14,17). The first-order chi connectivity index (χ1) is 8.35. The van der Waals surface area contributed by atoms with Crippen molar-refractivity contribution in [1.29, 1.82) is 0 Å². The highest BCUT2D eigenvalue weighted by atomic mass is 32.2. The van der Waals surface area contributed by atoms with Gasteiger partial charge in [0.1, 0.15) is 0 Å². The summed E-state index contributed by atoms with van der Waals surface area (Å²) in [6, 6.07) is 6.17. The molecular weight excluding hydrogens is 272 g/mol. The van der Waals surface area contributed by atoms with E-state index in [0.717, 1.165) is 0 Å². The number of amides is 1. The molecule has 1 aromatic carbocycles. The molecule has 5 nitrogen and oxygen atoms in total. The van der Waals surface area contributed by atoms with Gasteiger partial charge < -0.3 is 11.1 Å². The number of thiocarbonyl (C=S) groups is 1. The fourth-order valence-electron chi connectivity index (χ4n) is 1.35. The lowest BCUT2D eigenvalue weighted by molar-refractivity contribution is -0.119. The fraction of sp³-hybridized carbons (Fsp3) is 0.273. The van der Waals surface area contributed by atoms with Crippen molar-refractivity contribution in [2.75, 3.05) is 5.75 Å². The third kappa shape index (κ3) is 4.08. The number of nitrogens with two attached hydrogens (primary N) is 1. The molecule has 0 aliphatic rings. The van der Waals surface area contributed by atoms with Crippen molar-refractivity contribution < 1.29 is 13.2 Å². The molecule has 1 amide bonds. The van der Waals surface area contributed by atoms with Gasteiger partial charge in [-0.25, -0.2) is 8.42 Å². The van der Waals surface area contributed by atoms with Crippen molar-refractivity contribution in [1.82, 2.24) is 5.32 Å². The molecule has 0 fully saturated rings. The maximum absolute atomic E-state index is 11.6. The van der Waals surface area contributed by atoms with Crippen LogP contribution in [-0.2, 0) is 21.1 Å². The first-order valence-corrected chi connectivity index (χ1v) is 7.32. The van der Waals surface area contributed by atoms with E-state index < -0.39 is 9.84 Å². The second-order valence-electron chi connectivity index (χ2n) is 3.64. The van der Waals surface area contributed by atoms with Gasteiger partial charge in [-0.05, 0) is 29.9 Å². The van der Waals surface area contributed by atoms with E-state index in [2.05, 4.69) is 17.5 Å². The van der Waals surface area contributed by atoms with Crippen LogP contribution in [0.2, 0.25) is 0 Å². The van der Waals surface area contributed by atoms with Crippen LogP contribution in [0, 0.1) is 0 Å². The lowest BCUT2D eigenvalue weighted by Crippen LogP contribution is -2.35. The molecule has 0 saturated carbocycles. The van der Waals surface area contributed by atoms with Crippen LogP contribution < -0.4 is 11.1 Å². The number of carbonyl (C=O) groups is 1. The number of carbonyl (C=O) groups excluding carboxylic acids is 1. The molecule has 7 heteroatoms. The SMILES string of the molecule is CCS(=O)(=O)c1ccc(CC(=O)NC(N)=S)cc1. The molecule has 0 radical (unpaired) electrons. The number of rotatable bonds is 4. The third-order valence-corrected chi connectivity index (χ3v) is 4.14. The van der Waals surface area contributed by atoms with Crippen molar-refractivity contribution in [3.63, 3.8) is 0 Å². The number of benzene rings is 1. The highest BCUT2D eigenvalue weighted by Crippen LogP contribution is 2.12. The number of hydrogen-bond acceptors (Lipinski definition) is 4. The van der Waals surface area contributed by atoms with Crippen molar-refractivity contribution >= 4 is 33.1 Å². The average molecular weight is 286 g/mol. The Kier molecular flexibility index (Phi) is 4.80. The van der Waals surface area contributed by atoms with Crippen molar-refractivity contribution in [3.8, 4) is 0 Å². The second-order valence-corrected chi connectivity index (χ2v) is 6.35. The first kappa shape index (κ1) is 14.6. The van der Waals surface area contributed by atoms with Crippen LogP contribution in [0.15, 0.2) is 29.2 Å². The summed E-state index contributed by atoms with van der Waals surface area (Å²) < 4.78 is 23.1. The van der Waals surface area contributed by atoms with Gasteiger partial charge in [0.25, 0.3) is 0 Å². The fourth-order valence-corrected chi connectivity index (χ4v) is 2.35. The summed E-state index contributed by atoms with van der Waals surface area (Å²) in [5.74, 6) is -0.275. The molecule has 0 unspecified atom stereocenters. The minimum Gasteiger partial charge on any atom is -0.376 e. The zero-order valence-corrected chi connectivity index (χ0v) is 11.5. The molecule has 18 heavy (non-hydrogen) atoms. The van der Waals surface area contributed by atoms with Gasteiger partial charge in [0, 0.05) is 0 Å². The van der Waals surface area contributed by atoms with E-state index in [4.69, 9.17) is 5.73 Å². The molecular formula is C11H14N2O3S2. The lowest BCUT2D eigenvalue weighted by atomic mass is 10.1. The smallest absolute Gasteiger partial charge is 0.230 e. The summed E-state index contributed by atoms with van der Waals surface area (Å²) >= 11 is 4.54. The second kappa shape index (κ2) is 5.92. The molecule has 0 saturated heterocycles. The molecule has 0 heterocycles. The molecule has 0 spiro atoms. The van der Waals surface area contributed by atoms with Gasteiger partial charge >= 0.3 is 0 Å². The number of hydrogen-bond donors (Lipinski definition) is 2. The predicted molar refractivity (Wildman–Crippen MR) is 72.8 cm³/mol. The Morgan fingerprint density at radius 1 is 1.33 bits per heavy atom. The van der Waals surface area contributed by atoms with Crippen LogP contribution in [0.5, 0.6) is 0 Å². The lowest BCUT2D eigenvalue weighted by Gasteiger charge is -2.04. The highest BCUT2D eigenvalue weighted by molar-refractivity contribution is 7.91. The molecule has 1 rings (SSSR count). The van der Waals surface area contributed by atoms with E-state index in [-0.39, 0.29) is 28.1 Å². The summed E-state index contributed by atoms with van der Waals surface area (Å²) in [6.45, 7) is 1.58. The highest BCUT2D eigenvalue weighted by Gasteiger charge is 2.11. The Bertz CT molecular complexity index is 550. The summed E-state index contributed by atoms with van der Waals surface area (Å²) in [7, 11) is -3.20. The van der Waals surface area contributed by atoms with Gasteiger partial charge in [0.2, 0.25) is 5.91 Å². The zero-order chi connectivity index (χ0) is 13.8. The van der Waals surface area contributed by atoms with E-state index in [9.17, 15) is 13.2 Å². The van der Waals surface area contributed by atoms with E-state index in [1.165, 1.54) is 12.1 Å². The van der Waals surface area contributed by atoms with Gasteiger partial charge in [-0.15, -0.1) is 0 Å². The van der Waals surface area contributed by atoms with Gasteiger partial charge in [-0.2, -0.15) is 0 Å². The first-order valence-electron chi connectivity index (χ1n) is 5.26. The molecule has 0 bridgehead atoms. The zero-order valence-electron chi connectivity index (χ0n) is 9.84. The van der Waals surface area contributed by atoms with E-state index in [0.29, 0.717) is 5.56 Å². The Morgan fingerprint density at radius 3 is 2.33 bits per heavy atom. The van der Waals surface area contributed by atoms with Crippen LogP contribution in [0.3, 0.4) is 0 Å². The van der Waals surface area contributed by atoms with E-state index >= 15 is 0 Å². The number of nitrogens with one attached hydrogen (secondary N) is 1. The van der Waals surface area contributed by atoms with E-state index in [1.807, 2.05) is 0 Å². The largest absolute Gasteiger partial charge is 0.376 e. The normalized spacial score (nSPS) is 10.9. The molecule has 98 valence electrons. The summed E-state index contributed by atoms with van der Waals surface area (Å²) in [5, 5.41) is 2.22. The molecule has 0 aromatic heterocycles. The van der Waals surface area contributed by atoms with Gasteiger partial charge in [0.15, 0.2) is 14.9 Å². The molecule has 0 aliphatic carbocycles. The quantitative estimate of drug-likeness (QED) is 0.781. The molecule has 3 N–H and O–H groups in total. The Labute approximate surface area is 111 Å². The predicted octanol–water partition coefficient (Wildman–Crippen LogP) is 0.383. The average Bonchev–Trinajstić information content (AvgIpc) is 2.28. The Balaban J connectivity index is 2.78. The van der Waals surface area contributed by atoms with E-state index in [1.54, 1.807) is 19.1 Å². The van der Waals surface area contributed by atoms with Gasteiger partial charge in [0.05, 0.1) is 17.1 Å². The van der Waals surface area contributed by atoms with Crippen molar-refractivity contribution in [2.45, 2.75) is 18.2 Å². The summed E-state index contributed by atoms with van der Waals surface area (Å²) in [6.07, 6.45) is 0.101. The van der Waals surface area contributed by atoms with Crippen molar-refractivity contribution in [3.05, 3.63) is 29.8 Å². The molecule has 0 atom stereocenters. The minimum atomic E-state index is -3.20. The van der Waals surface area contributed by atoms with Gasteiger partial charge in [-0.1, -0.05) is 19.1 Å². The molecule has 1 aromatic rings. The minimum absolute atomic E-state index is 0.0499. The Hall–Kier alpha value is -1.47. The number of sulfone groups is 1. The molecule has 0 aliphatic heterocycles. The summed E-state index contributed by atoms with van der Waals surface area (Å²) in [4.78, 5) is 11.6. The van der Waals surface area contributed by atoms with Crippen LogP contribution in [-0.4, -0.2) is 25.2 Å². The maximum Gasteiger partial charge on any atom is 0.230 e. The third-order valence-electron chi connectivity index (χ3n) is 2.29. The Morgan fingerprint density at radius 2 is 1.89 bits per heavy atom. The van der Waals surface area contributed by atoms with Crippen molar-refractivity contribution in [2.24, 2.45) is 5.73 Å². The van der Waals surface area contributed by atoms with Crippen LogP contribution in [0.25, 0.3) is 0 Å². The van der Waals surface area contributed by atoms with Gasteiger partial charge in [-0.3, -0.25) is 4.79 Å². The van der Waals surface area contributed by atoms with Crippen LogP contribution >= 0.6 is 12.2 Å².